The van der Waals surface area contributed by atoms with Crippen LogP contribution >= 0.6 is 0 Å². The molecule has 0 saturated carbocycles. The molecule has 1 N–H and O–H groups in total. The summed E-state index contributed by atoms with van der Waals surface area (Å²) in [6, 6.07) is 17.0. The number of hydrogen-bond acceptors (Lipinski definition) is 5. The summed E-state index contributed by atoms with van der Waals surface area (Å²) in [4.78, 5) is 9.49. The van der Waals surface area contributed by atoms with Gasteiger partial charge in [0.2, 0.25) is 0 Å². The second kappa shape index (κ2) is 10.1. The number of aliphatic hydroxyl groups is 1. The van der Waals surface area contributed by atoms with Gasteiger partial charge in [-0.15, -0.1) is 0 Å². The van der Waals surface area contributed by atoms with Gasteiger partial charge in [0.05, 0.1) is 7.11 Å². The molecule has 0 bridgehead atoms. The molecular formula is C25H32N4O2. The van der Waals surface area contributed by atoms with Crippen molar-refractivity contribution in [3.8, 4) is 11.6 Å². The maximum Gasteiger partial charge on any atom is 0.136 e. The first-order valence-electron chi connectivity index (χ1n) is 11.0. The molecule has 0 unspecified atom stereocenters. The Balaban J connectivity index is 1.43. The molecule has 0 spiro atoms. The van der Waals surface area contributed by atoms with Crippen LogP contribution in [-0.2, 0) is 13.1 Å². The Labute approximate surface area is 184 Å². The minimum atomic E-state index is 0.209. The Hall–Kier alpha value is -2.67. The lowest BCUT2D eigenvalue weighted by Gasteiger charge is -2.41. The topological polar surface area (TPSA) is 53.8 Å². The van der Waals surface area contributed by atoms with Crippen LogP contribution in [0.2, 0.25) is 0 Å². The van der Waals surface area contributed by atoms with E-state index in [9.17, 15) is 5.11 Å². The van der Waals surface area contributed by atoms with E-state index in [0.29, 0.717) is 6.04 Å². The van der Waals surface area contributed by atoms with Crippen molar-refractivity contribution in [2.75, 3.05) is 33.4 Å². The van der Waals surface area contributed by atoms with Gasteiger partial charge in [-0.1, -0.05) is 18.2 Å². The average molecular weight is 421 g/mol. The summed E-state index contributed by atoms with van der Waals surface area (Å²) in [7, 11) is 1.71. The molecule has 164 valence electrons. The number of aliphatic hydroxyl groups excluding tert-OH is 1. The minimum absolute atomic E-state index is 0.209. The smallest absolute Gasteiger partial charge is 0.136 e. The van der Waals surface area contributed by atoms with Gasteiger partial charge < -0.3 is 14.4 Å². The number of piperazine rings is 1. The number of hydrogen-bond donors (Lipinski definition) is 1. The van der Waals surface area contributed by atoms with E-state index in [1.807, 2.05) is 30.5 Å². The molecule has 6 nitrogen and oxygen atoms in total. The molecule has 0 aliphatic carbocycles. The van der Waals surface area contributed by atoms with E-state index in [4.69, 9.17) is 4.74 Å². The van der Waals surface area contributed by atoms with Crippen molar-refractivity contribution in [3.63, 3.8) is 0 Å². The highest BCUT2D eigenvalue weighted by Crippen LogP contribution is 2.23. The lowest BCUT2D eigenvalue weighted by Crippen LogP contribution is -2.52. The van der Waals surface area contributed by atoms with E-state index in [1.54, 1.807) is 7.11 Å². The number of benzene rings is 1. The number of methoxy groups -OCH3 is 1. The summed E-state index contributed by atoms with van der Waals surface area (Å²) in [5.41, 5.74) is 3.69. The summed E-state index contributed by atoms with van der Waals surface area (Å²) in [5.74, 6) is 1.87. The van der Waals surface area contributed by atoms with Gasteiger partial charge in [-0.2, -0.15) is 0 Å². The molecule has 1 aliphatic heterocycles. The highest BCUT2D eigenvalue weighted by Gasteiger charge is 2.27. The lowest BCUT2D eigenvalue weighted by molar-refractivity contribution is 0.0491. The number of ether oxygens (including phenoxy) is 1. The van der Waals surface area contributed by atoms with Gasteiger partial charge in [0, 0.05) is 63.5 Å². The minimum Gasteiger partial charge on any atom is -0.496 e. The van der Waals surface area contributed by atoms with Gasteiger partial charge in [0.1, 0.15) is 11.6 Å². The number of nitrogens with zero attached hydrogens (tertiary/aromatic N) is 4. The first-order chi connectivity index (χ1) is 15.2. The van der Waals surface area contributed by atoms with E-state index in [1.165, 1.54) is 11.3 Å². The SMILES string of the molecule is COc1ccc(CN2CCN(Cc3cccn3-c3ccccn3)C[C@H]2CCO)cc1C. The van der Waals surface area contributed by atoms with Crippen LogP contribution in [0.5, 0.6) is 5.75 Å². The molecular weight excluding hydrogens is 388 g/mol. The molecule has 1 aliphatic rings. The summed E-state index contributed by atoms with van der Waals surface area (Å²) in [5, 5.41) is 9.68. The summed E-state index contributed by atoms with van der Waals surface area (Å²) in [6.45, 7) is 7.01. The van der Waals surface area contributed by atoms with Gasteiger partial charge in [-0.3, -0.25) is 9.80 Å². The van der Waals surface area contributed by atoms with E-state index < -0.39 is 0 Å². The van der Waals surface area contributed by atoms with Crippen LogP contribution in [0.25, 0.3) is 5.82 Å². The van der Waals surface area contributed by atoms with Crippen molar-refractivity contribution in [2.45, 2.75) is 32.5 Å². The first kappa shape index (κ1) is 21.6. The van der Waals surface area contributed by atoms with Crippen molar-refractivity contribution >= 4 is 0 Å². The van der Waals surface area contributed by atoms with Crippen LogP contribution in [0.15, 0.2) is 60.9 Å². The maximum atomic E-state index is 9.68. The van der Waals surface area contributed by atoms with Crippen molar-refractivity contribution in [1.29, 1.82) is 0 Å². The molecule has 2 aromatic heterocycles. The Morgan fingerprint density at radius 2 is 2.00 bits per heavy atom. The standard InChI is InChI=1S/C25H32N4O2/c1-20-16-21(8-9-24(20)31-2)17-28-14-13-27(18-22(28)10-15-30)19-23-6-5-12-29(23)25-7-3-4-11-26-25/h3-9,11-12,16,22,30H,10,13-15,17-19H2,1-2H3/t22-/m1/s1. The van der Waals surface area contributed by atoms with Crippen LogP contribution in [0.3, 0.4) is 0 Å². The number of rotatable bonds is 8. The second-order valence-corrected chi connectivity index (χ2v) is 8.23. The number of aryl methyl sites for hydroxylation is 1. The average Bonchev–Trinajstić information content (AvgIpc) is 3.24. The molecule has 0 radical (unpaired) electrons. The van der Waals surface area contributed by atoms with E-state index in [2.05, 4.69) is 56.7 Å². The zero-order valence-corrected chi connectivity index (χ0v) is 18.4. The fourth-order valence-corrected chi connectivity index (χ4v) is 4.50. The van der Waals surface area contributed by atoms with Crippen LogP contribution in [0.1, 0.15) is 23.2 Å². The fourth-order valence-electron chi connectivity index (χ4n) is 4.50. The van der Waals surface area contributed by atoms with Crippen LogP contribution < -0.4 is 4.74 Å². The fraction of sp³-hybridized carbons (Fsp3) is 0.400. The molecule has 6 heteroatoms. The van der Waals surface area contributed by atoms with Gasteiger partial charge >= 0.3 is 0 Å². The molecule has 1 atom stereocenters. The predicted octanol–water partition coefficient (Wildman–Crippen LogP) is 3.26. The number of pyridine rings is 1. The van der Waals surface area contributed by atoms with Crippen LogP contribution in [0.4, 0.5) is 0 Å². The van der Waals surface area contributed by atoms with Gasteiger partial charge in [0.25, 0.3) is 0 Å². The third kappa shape index (κ3) is 5.15. The normalized spacial score (nSPS) is 17.7. The first-order valence-corrected chi connectivity index (χ1v) is 11.0. The van der Waals surface area contributed by atoms with Gasteiger partial charge in [-0.05, 0) is 54.8 Å². The van der Waals surface area contributed by atoms with Crippen molar-refractivity contribution in [2.24, 2.45) is 0 Å². The predicted molar refractivity (Wildman–Crippen MR) is 122 cm³/mol. The molecule has 31 heavy (non-hydrogen) atoms. The summed E-state index contributed by atoms with van der Waals surface area (Å²) in [6.07, 6.45) is 4.69. The highest BCUT2D eigenvalue weighted by atomic mass is 16.5. The lowest BCUT2D eigenvalue weighted by atomic mass is 10.1. The van der Waals surface area contributed by atoms with E-state index >= 15 is 0 Å². The van der Waals surface area contributed by atoms with Gasteiger partial charge in [0.15, 0.2) is 0 Å². The molecule has 3 heterocycles. The second-order valence-electron chi connectivity index (χ2n) is 8.23. The maximum absolute atomic E-state index is 9.68. The molecule has 1 saturated heterocycles. The largest absolute Gasteiger partial charge is 0.496 e. The monoisotopic (exact) mass is 420 g/mol. The Kier molecular flexibility index (Phi) is 7.02. The summed E-state index contributed by atoms with van der Waals surface area (Å²) >= 11 is 0. The van der Waals surface area contributed by atoms with Crippen molar-refractivity contribution in [3.05, 3.63) is 77.7 Å². The molecule has 1 aromatic carbocycles. The Morgan fingerprint density at radius 3 is 2.74 bits per heavy atom. The van der Waals surface area contributed by atoms with Crippen LogP contribution in [-0.4, -0.2) is 63.9 Å². The number of aromatic nitrogens is 2. The quantitative estimate of drug-likeness (QED) is 0.606. The van der Waals surface area contributed by atoms with E-state index in [-0.39, 0.29) is 6.61 Å². The molecule has 3 aromatic rings. The highest BCUT2D eigenvalue weighted by molar-refractivity contribution is 5.36. The van der Waals surface area contributed by atoms with Gasteiger partial charge in [-0.25, -0.2) is 4.98 Å². The van der Waals surface area contributed by atoms with Crippen LogP contribution in [0, 0.1) is 6.92 Å². The summed E-state index contributed by atoms with van der Waals surface area (Å²) < 4.78 is 7.56. The third-order valence-corrected chi connectivity index (χ3v) is 6.11. The molecule has 4 rings (SSSR count). The Morgan fingerprint density at radius 1 is 1.10 bits per heavy atom. The molecule has 0 amide bonds. The van der Waals surface area contributed by atoms with E-state index in [0.717, 1.165) is 56.3 Å². The Bertz CT molecular complexity index is 973. The zero-order valence-electron chi connectivity index (χ0n) is 18.4. The van der Waals surface area contributed by atoms with Crippen molar-refractivity contribution < 1.29 is 9.84 Å². The third-order valence-electron chi connectivity index (χ3n) is 6.11. The van der Waals surface area contributed by atoms with Crippen molar-refractivity contribution in [1.82, 2.24) is 19.4 Å². The molecule has 1 fully saturated rings. The zero-order chi connectivity index (χ0) is 21.6.